The molecule has 0 aliphatic heterocycles. The Morgan fingerprint density at radius 1 is 1.12 bits per heavy atom. The van der Waals surface area contributed by atoms with E-state index in [0.29, 0.717) is 10.6 Å². The third-order valence-electron chi connectivity index (χ3n) is 2.75. The molecular formula is C14H13ClFN. The Kier molecular flexibility index (Phi) is 3.46. The summed E-state index contributed by atoms with van der Waals surface area (Å²) in [6.07, 6.45) is 0. The van der Waals surface area contributed by atoms with Gasteiger partial charge in [0.2, 0.25) is 0 Å². The number of halogens is 2. The van der Waals surface area contributed by atoms with Crippen molar-refractivity contribution in [1.82, 2.24) is 0 Å². The second-order valence-corrected chi connectivity index (χ2v) is 4.43. The molecule has 2 aromatic rings. The van der Waals surface area contributed by atoms with E-state index in [1.165, 1.54) is 6.07 Å². The Bertz CT molecular complexity index is 502. The van der Waals surface area contributed by atoms with Crippen molar-refractivity contribution in [2.45, 2.75) is 13.0 Å². The van der Waals surface area contributed by atoms with Gasteiger partial charge in [-0.15, -0.1) is 0 Å². The van der Waals surface area contributed by atoms with E-state index in [1.54, 1.807) is 12.1 Å². The Morgan fingerprint density at radius 2 is 1.76 bits per heavy atom. The molecule has 1 atom stereocenters. The van der Waals surface area contributed by atoms with E-state index in [1.807, 2.05) is 31.2 Å². The maximum Gasteiger partial charge on any atom is 0.129 e. The molecule has 0 amide bonds. The normalized spacial score (nSPS) is 12.5. The van der Waals surface area contributed by atoms with E-state index in [4.69, 9.17) is 17.3 Å². The van der Waals surface area contributed by atoms with Crippen LogP contribution in [0.5, 0.6) is 0 Å². The Labute approximate surface area is 105 Å². The number of nitrogens with two attached hydrogens (primary N) is 1. The van der Waals surface area contributed by atoms with E-state index >= 15 is 0 Å². The molecule has 2 N–H and O–H groups in total. The summed E-state index contributed by atoms with van der Waals surface area (Å²) in [6.45, 7) is 1.99. The molecular weight excluding hydrogens is 237 g/mol. The van der Waals surface area contributed by atoms with Gasteiger partial charge in [0.1, 0.15) is 5.82 Å². The molecule has 2 aromatic carbocycles. The Morgan fingerprint density at radius 3 is 2.35 bits per heavy atom. The van der Waals surface area contributed by atoms with E-state index in [0.717, 1.165) is 11.1 Å². The number of aryl methyl sites for hydroxylation is 1. The summed E-state index contributed by atoms with van der Waals surface area (Å²) in [7, 11) is 0. The maximum absolute atomic E-state index is 13.7. The zero-order valence-corrected chi connectivity index (χ0v) is 10.2. The fourth-order valence-electron chi connectivity index (χ4n) is 1.75. The molecule has 2 rings (SSSR count). The predicted molar refractivity (Wildman–Crippen MR) is 68.6 cm³/mol. The van der Waals surface area contributed by atoms with Gasteiger partial charge in [0.15, 0.2) is 0 Å². The standard InChI is InChI=1S/C14H13ClFN/c1-9-5-7-10(8-6-9)14(17)13-11(15)3-2-4-12(13)16/h2-8,14H,17H2,1H3. The maximum atomic E-state index is 13.7. The molecule has 0 bridgehead atoms. The second-order valence-electron chi connectivity index (χ2n) is 4.02. The molecule has 3 heteroatoms. The van der Waals surface area contributed by atoms with Gasteiger partial charge in [-0.1, -0.05) is 47.5 Å². The van der Waals surface area contributed by atoms with Gasteiger partial charge in [0, 0.05) is 10.6 Å². The highest BCUT2D eigenvalue weighted by Gasteiger charge is 2.16. The molecule has 0 heterocycles. The molecule has 0 fully saturated rings. The lowest BCUT2D eigenvalue weighted by molar-refractivity contribution is 0.600. The van der Waals surface area contributed by atoms with Gasteiger partial charge in [-0.05, 0) is 24.6 Å². The average molecular weight is 250 g/mol. The van der Waals surface area contributed by atoms with Crippen LogP contribution in [0.15, 0.2) is 42.5 Å². The molecule has 0 aromatic heterocycles. The second kappa shape index (κ2) is 4.86. The number of hydrogen-bond donors (Lipinski definition) is 1. The molecule has 0 radical (unpaired) electrons. The van der Waals surface area contributed by atoms with Gasteiger partial charge in [-0.3, -0.25) is 0 Å². The molecule has 0 aliphatic carbocycles. The van der Waals surface area contributed by atoms with Gasteiger partial charge in [0.05, 0.1) is 6.04 Å². The first kappa shape index (κ1) is 12.1. The fraction of sp³-hybridized carbons (Fsp3) is 0.143. The van der Waals surface area contributed by atoms with Crippen LogP contribution in [0.1, 0.15) is 22.7 Å². The molecule has 88 valence electrons. The van der Waals surface area contributed by atoms with Crippen molar-refractivity contribution in [2.75, 3.05) is 0 Å². The van der Waals surface area contributed by atoms with Crippen molar-refractivity contribution in [1.29, 1.82) is 0 Å². The third-order valence-corrected chi connectivity index (χ3v) is 3.08. The Hall–Kier alpha value is -1.38. The average Bonchev–Trinajstić information content (AvgIpc) is 2.29. The number of hydrogen-bond acceptors (Lipinski definition) is 1. The molecule has 1 unspecified atom stereocenters. The van der Waals surface area contributed by atoms with Crippen LogP contribution in [0.25, 0.3) is 0 Å². The minimum atomic E-state index is -0.538. The molecule has 17 heavy (non-hydrogen) atoms. The zero-order valence-electron chi connectivity index (χ0n) is 9.45. The van der Waals surface area contributed by atoms with Gasteiger partial charge in [-0.25, -0.2) is 4.39 Å². The van der Waals surface area contributed by atoms with Crippen LogP contribution in [-0.2, 0) is 0 Å². The van der Waals surface area contributed by atoms with Gasteiger partial charge in [-0.2, -0.15) is 0 Å². The Balaban J connectivity index is 2.43. The van der Waals surface area contributed by atoms with Crippen LogP contribution in [-0.4, -0.2) is 0 Å². The molecule has 0 spiro atoms. The fourth-order valence-corrected chi connectivity index (χ4v) is 2.03. The van der Waals surface area contributed by atoms with E-state index in [2.05, 4.69) is 0 Å². The number of rotatable bonds is 2. The summed E-state index contributed by atoms with van der Waals surface area (Å²) < 4.78 is 13.7. The van der Waals surface area contributed by atoms with Crippen molar-refractivity contribution in [3.63, 3.8) is 0 Å². The van der Waals surface area contributed by atoms with Gasteiger partial charge >= 0.3 is 0 Å². The largest absolute Gasteiger partial charge is 0.320 e. The summed E-state index contributed by atoms with van der Waals surface area (Å²) in [5.41, 5.74) is 8.38. The minimum absolute atomic E-state index is 0.345. The lowest BCUT2D eigenvalue weighted by Crippen LogP contribution is -2.14. The molecule has 0 aliphatic rings. The molecule has 1 nitrogen and oxygen atoms in total. The van der Waals surface area contributed by atoms with Crippen molar-refractivity contribution >= 4 is 11.6 Å². The lowest BCUT2D eigenvalue weighted by atomic mass is 9.98. The van der Waals surface area contributed by atoms with Crippen molar-refractivity contribution in [3.8, 4) is 0 Å². The SMILES string of the molecule is Cc1ccc(C(N)c2c(F)cccc2Cl)cc1. The van der Waals surface area contributed by atoms with Crippen molar-refractivity contribution < 1.29 is 4.39 Å². The van der Waals surface area contributed by atoms with Gasteiger partial charge < -0.3 is 5.73 Å². The smallest absolute Gasteiger partial charge is 0.129 e. The van der Waals surface area contributed by atoms with E-state index < -0.39 is 6.04 Å². The van der Waals surface area contributed by atoms with E-state index in [-0.39, 0.29) is 5.82 Å². The van der Waals surface area contributed by atoms with Crippen LogP contribution < -0.4 is 5.73 Å². The van der Waals surface area contributed by atoms with Crippen LogP contribution in [0.3, 0.4) is 0 Å². The highest BCUT2D eigenvalue weighted by molar-refractivity contribution is 6.31. The topological polar surface area (TPSA) is 26.0 Å². The zero-order chi connectivity index (χ0) is 12.4. The van der Waals surface area contributed by atoms with Crippen LogP contribution >= 0.6 is 11.6 Å². The summed E-state index contributed by atoms with van der Waals surface area (Å²) in [6, 6.07) is 11.7. The molecule has 0 saturated heterocycles. The number of benzene rings is 2. The summed E-state index contributed by atoms with van der Waals surface area (Å²) in [4.78, 5) is 0. The summed E-state index contributed by atoms with van der Waals surface area (Å²) in [5, 5.41) is 0.359. The highest BCUT2D eigenvalue weighted by Crippen LogP contribution is 2.28. The minimum Gasteiger partial charge on any atom is -0.320 e. The first-order valence-corrected chi connectivity index (χ1v) is 5.73. The highest BCUT2D eigenvalue weighted by atomic mass is 35.5. The predicted octanol–water partition coefficient (Wildman–Crippen LogP) is 3.84. The van der Waals surface area contributed by atoms with Crippen molar-refractivity contribution in [2.24, 2.45) is 5.73 Å². The van der Waals surface area contributed by atoms with Crippen LogP contribution in [0.4, 0.5) is 4.39 Å². The summed E-state index contributed by atoms with van der Waals surface area (Å²) >= 11 is 5.99. The van der Waals surface area contributed by atoms with Crippen LogP contribution in [0, 0.1) is 12.7 Å². The van der Waals surface area contributed by atoms with Crippen molar-refractivity contribution in [3.05, 3.63) is 70.0 Å². The quantitative estimate of drug-likeness (QED) is 0.860. The monoisotopic (exact) mass is 249 g/mol. The van der Waals surface area contributed by atoms with Crippen LogP contribution in [0.2, 0.25) is 5.02 Å². The molecule has 0 saturated carbocycles. The third kappa shape index (κ3) is 2.48. The van der Waals surface area contributed by atoms with E-state index in [9.17, 15) is 4.39 Å². The van der Waals surface area contributed by atoms with Gasteiger partial charge in [0.25, 0.3) is 0 Å². The first-order valence-electron chi connectivity index (χ1n) is 5.35. The first-order chi connectivity index (χ1) is 8.09. The summed E-state index contributed by atoms with van der Waals surface area (Å²) in [5.74, 6) is -0.370. The lowest BCUT2D eigenvalue weighted by Gasteiger charge is -2.15.